The summed E-state index contributed by atoms with van der Waals surface area (Å²) in [6.07, 6.45) is 1.71. The molecule has 0 radical (unpaired) electrons. The Morgan fingerprint density at radius 1 is 1.24 bits per heavy atom. The molecule has 1 N–H and O–H groups in total. The van der Waals surface area contributed by atoms with Crippen molar-refractivity contribution < 1.29 is 13.7 Å². The van der Waals surface area contributed by atoms with E-state index >= 15 is 0 Å². The zero-order chi connectivity index (χ0) is 18.1. The van der Waals surface area contributed by atoms with Gasteiger partial charge in [0, 0.05) is 11.3 Å². The molecule has 2 aromatic heterocycles. The molecule has 130 valence electrons. The second kappa shape index (κ2) is 6.51. The zero-order valence-corrected chi connectivity index (χ0v) is 14.5. The van der Waals surface area contributed by atoms with Crippen molar-refractivity contribution in [2.75, 3.05) is 0 Å². The molecule has 1 unspecified atom stereocenters. The van der Waals surface area contributed by atoms with E-state index in [1.807, 2.05) is 13.8 Å². The van der Waals surface area contributed by atoms with Crippen molar-refractivity contribution in [1.29, 1.82) is 0 Å². The Bertz CT molecular complexity index is 892. The number of hydrogen-bond acceptors (Lipinski definition) is 4. The lowest BCUT2D eigenvalue weighted by Gasteiger charge is -2.14. The predicted molar refractivity (Wildman–Crippen MR) is 90.1 cm³/mol. The molecule has 2 heterocycles. The number of aromatic nitrogens is 3. The maximum atomic E-state index is 13.1. The third kappa shape index (κ3) is 3.17. The number of halogens is 1. The maximum absolute atomic E-state index is 13.1. The van der Waals surface area contributed by atoms with Gasteiger partial charge in [-0.1, -0.05) is 5.16 Å². The van der Waals surface area contributed by atoms with Gasteiger partial charge in [-0.05, 0) is 52.0 Å². The van der Waals surface area contributed by atoms with Crippen LogP contribution in [0.1, 0.15) is 46.0 Å². The first-order valence-corrected chi connectivity index (χ1v) is 7.92. The van der Waals surface area contributed by atoms with Gasteiger partial charge in [-0.2, -0.15) is 5.10 Å². The van der Waals surface area contributed by atoms with Gasteiger partial charge in [0.2, 0.25) is 0 Å². The second-order valence-electron chi connectivity index (χ2n) is 5.97. The normalized spacial score (nSPS) is 12.2. The molecule has 0 bridgehead atoms. The molecule has 0 fully saturated rings. The van der Waals surface area contributed by atoms with Crippen LogP contribution >= 0.6 is 0 Å². The number of rotatable bonds is 4. The van der Waals surface area contributed by atoms with Crippen LogP contribution < -0.4 is 5.32 Å². The lowest BCUT2D eigenvalue weighted by atomic mass is 10.1. The first-order chi connectivity index (χ1) is 11.9. The topological polar surface area (TPSA) is 73.0 Å². The molecule has 0 saturated carbocycles. The SMILES string of the molecule is Cc1noc(C)c1C(=O)NC(C)c1cnn(-c2ccc(F)cc2)c1C. The number of hydrogen-bond donors (Lipinski definition) is 1. The van der Waals surface area contributed by atoms with Crippen LogP contribution in [-0.2, 0) is 0 Å². The Balaban J connectivity index is 1.82. The molecule has 0 aliphatic rings. The van der Waals surface area contributed by atoms with Crippen LogP contribution in [0.5, 0.6) is 0 Å². The Morgan fingerprint density at radius 2 is 1.92 bits per heavy atom. The fourth-order valence-electron chi connectivity index (χ4n) is 2.84. The molecule has 1 amide bonds. The van der Waals surface area contributed by atoms with E-state index in [-0.39, 0.29) is 17.8 Å². The molecule has 0 aliphatic heterocycles. The molecule has 3 aromatic rings. The van der Waals surface area contributed by atoms with Crippen LogP contribution in [0.25, 0.3) is 5.69 Å². The number of aryl methyl sites for hydroxylation is 2. The third-order valence-corrected chi connectivity index (χ3v) is 4.19. The molecule has 0 spiro atoms. The standard InChI is InChI=1S/C18H19FN4O2/c1-10(21-18(24)17-11(2)22-25-13(17)4)16-9-20-23(12(16)3)15-7-5-14(19)6-8-15/h5-10H,1-4H3,(H,21,24). The summed E-state index contributed by atoms with van der Waals surface area (Å²) in [5.74, 6) is -0.0486. The number of benzene rings is 1. The maximum Gasteiger partial charge on any atom is 0.257 e. The summed E-state index contributed by atoms with van der Waals surface area (Å²) in [6, 6.07) is 5.84. The van der Waals surface area contributed by atoms with E-state index in [1.165, 1.54) is 12.1 Å². The summed E-state index contributed by atoms with van der Waals surface area (Å²) < 4.78 is 19.8. The predicted octanol–water partition coefficient (Wildman–Crippen LogP) is 3.42. The van der Waals surface area contributed by atoms with Crippen molar-refractivity contribution in [3.63, 3.8) is 0 Å². The molecule has 0 saturated heterocycles. The minimum atomic E-state index is -0.297. The van der Waals surface area contributed by atoms with Crippen LogP contribution in [0.3, 0.4) is 0 Å². The third-order valence-electron chi connectivity index (χ3n) is 4.19. The molecule has 0 aliphatic carbocycles. The minimum absolute atomic E-state index is 0.238. The highest BCUT2D eigenvalue weighted by atomic mass is 19.1. The van der Waals surface area contributed by atoms with Gasteiger partial charge < -0.3 is 9.84 Å². The van der Waals surface area contributed by atoms with Gasteiger partial charge in [0.15, 0.2) is 0 Å². The molecule has 6 nitrogen and oxygen atoms in total. The van der Waals surface area contributed by atoms with E-state index in [2.05, 4.69) is 15.6 Å². The molecule has 1 atom stereocenters. The number of carbonyl (C=O) groups is 1. The van der Waals surface area contributed by atoms with Gasteiger partial charge in [0.1, 0.15) is 17.1 Å². The van der Waals surface area contributed by atoms with Gasteiger partial charge in [-0.15, -0.1) is 0 Å². The molecule has 3 rings (SSSR count). The van der Waals surface area contributed by atoms with Crippen molar-refractivity contribution in [2.45, 2.75) is 33.7 Å². The number of amides is 1. The van der Waals surface area contributed by atoms with Gasteiger partial charge >= 0.3 is 0 Å². The summed E-state index contributed by atoms with van der Waals surface area (Å²) in [4.78, 5) is 12.5. The average molecular weight is 342 g/mol. The Labute approximate surface area is 144 Å². The highest BCUT2D eigenvalue weighted by molar-refractivity contribution is 5.96. The largest absolute Gasteiger partial charge is 0.361 e. The first kappa shape index (κ1) is 16.9. The molecular weight excluding hydrogens is 323 g/mol. The van der Waals surface area contributed by atoms with Crippen LogP contribution in [0.4, 0.5) is 4.39 Å². The molecule has 25 heavy (non-hydrogen) atoms. The second-order valence-corrected chi connectivity index (χ2v) is 5.97. The number of nitrogens with one attached hydrogen (secondary N) is 1. The minimum Gasteiger partial charge on any atom is -0.361 e. The van der Waals surface area contributed by atoms with Crippen LogP contribution in [0, 0.1) is 26.6 Å². The highest BCUT2D eigenvalue weighted by Crippen LogP contribution is 2.21. The van der Waals surface area contributed by atoms with Gasteiger partial charge in [0.25, 0.3) is 5.91 Å². The summed E-state index contributed by atoms with van der Waals surface area (Å²) in [5, 5.41) is 11.1. The summed E-state index contributed by atoms with van der Waals surface area (Å²) in [5.41, 5.74) is 3.52. The summed E-state index contributed by atoms with van der Waals surface area (Å²) in [7, 11) is 0. The van der Waals surface area contributed by atoms with Crippen molar-refractivity contribution in [3.05, 3.63) is 64.6 Å². The Morgan fingerprint density at radius 3 is 2.52 bits per heavy atom. The summed E-state index contributed by atoms with van der Waals surface area (Å²) in [6.45, 7) is 7.23. The number of carbonyl (C=O) groups excluding carboxylic acids is 1. The first-order valence-electron chi connectivity index (χ1n) is 7.92. The van der Waals surface area contributed by atoms with Crippen molar-refractivity contribution in [3.8, 4) is 5.69 Å². The average Bonchev–Trinajstić information content (AvgIpc) is 3.11. The molecular formula is C18H19FN4O2. The van der Waals surface area contributed by atoms with E-state index in [0.29, 0.717) is 17.0 Å². The summed E-state index contributed by atoms with van der Waals surface area (Å²) >= 11 is 0. The van der Waals surface area contributed by atoms with E-state index in [1.54, 1.807) is 36.9 Å². The van der Waals surface area contributed by atoms with Gasteiger partial charge in [-0.3, -0.25) is 4.79 Å². The van der Waals surface area contributed by atoms with Gasteiger partial charge in [0.05, 0.1) is 23.6 Å². The molecule has 1 aromatic carbocycles. The Kier molecular flexibility index (Phi) is 4.39. The smallest absolute Gasteiger partial charge is 0.257 e. The highest BCUT2D eigenvalue weighted by Gasteiger charge is 2.21. The van der Waals surface area contributed by atoms with E-state index in [0.717, 1.165) is 16.9 Å². The van der Waals surface area contributed by atoms with Crippen LogP contribution in [-0.4, -0.2) is 20.8 Å². The van der Waals surface area contributed by atoms with Crippen molar-refractivity contribution >= 4 is 5.91 Å². The quantitative estimate of drug-likeness (QED) is 0.788. The Hall–Kier alpha value is -2.96. The lowest BCUT2D eigenvalue weighted by Crippen LogP contribution is -2.27. The fourth-order valence-corrected chi connectivity index (χ4v) is 2.84. The van der Waals surface area contributed by atoms with E-state index < -0.39 is 0 Å². The van der Waals surface area contributed by atoms with Gasteiger partial charge in [-0.25, -0.2) is 9.07 Å². The number of nitrogens with zero attached hydrogens (tertiary/aromatic N) is 3. The molecule has 7 heteroatoms. The lowest BCUT2D eigenvalue weighted by molar-refractivity contribution is 0.0938. The van der Waals surface area contributed by atoms with E-state index in [9.17, 15) is 9.18 Å². The monoisotopic (exact) mass is 342 g/mol. The van der Waals surface area contributed by atoms with Crippen LogP contribution in [0.2, 0.25) is 0 Å². The van der Waals surface area contributed by atoms with Crippen LogP contribution in [0.15, 0.2) is 35.0 Å². The van der Waals surface area contributed by atoms with Crippen molar-refractivity contribution in [1.82, 2.24) is 20.3 Å². The van der Waals surface area contributed by atoms with E-state index in [4.69, 9.17) is 4.52 Å². The zero-order valence-electron chi connectivity index (χ0n) is 14.5. The fraction of sp³-hybridized carbons (Fsp3) is 0.278. The van der Waals surface area contributed by atoms with Crippen molar-refractivity contribution in [2.24, 2.45) is 0 Å².